The van der Waals surface area contributed by atoms with Crippen molar-refractivity contribution < 1.29 is 15.0 Å². The first-order valence-corrected chi connectivity index (χ1v) is 6.88. The first-order chi connectivity index (χ1) is 8.56. The molecule has 1 aromatic heterocycles. The number of carbonyl (C=O) groups is 1. The predicted molar refractivity (Wildman–Crippen MR) is 68.3 cm³/mol. The minimum atomic E-state index is -0.832. The zero-order valence-corrected chi connectivity index (χ0v) is 11.4. The summed E-state index contributed by atoms with van der Waals surface area (Å²) in [7, 11) is 0. The summed E-state index contributed by atoms with van der Waals surface area (Å²) in [6.07, 6.45) is 2.47. The van der Waals surface area contributed by atoms with Gasteiger partial charge in [-0.2, -0.15) is 0 Å². The van der Waals surface area contributed by atoms with Crippen LogP contribution >= 0.6 is 15.9 Å². The van der Waals surface area contributed by atoms with E-state index >= 15 is 0 Å². The Kier molecular flexibility index (Phi) is 2.96. The van der Waals surface area contributed by atoms with Crippen molar-refractivity contribution in [2.45, 2.75) is 31.1 Å². The quantitative estimate of drug-likeness (QED) is 0.847. The summed E-state index contributed by atoms with van der Waals surface area (Å²) < 4.78 is 2.88. The van der Waals surface area contributed by atoms with Crippen LogP contribution in [0.15, 0.2) is 16.7 Å². The number of likely N-dealkylation sites (tertiary alicyclic amines) is 1. The van der Waals surface area contributed by atoms with Crippen molar-refractivity contribution in [2.75, 3.05) is 13.1 Å². The average molecular weight is 315 g/mol. The number of β-amino-alcohol motifs (C(OH)–C–C–N with tert-alkyl or cyclic N) is 2. The summed E-state index contributed by atoms with van der Waals surface area (Å²) in [6, 6.07) is 2.23. The SMILES string of the molecule is O=C(c1cc(Br)cn1C1CC1)N1CC(O)C(O)C1. The fourth-order valence-electron chi connectivity index (χ4n) is 2.37. The summed E-state index contributed by atoms with van der Waals surface area (Å²) in [5.41, 5.74) is 0.630. The number of nitrogens with zero attached hydrogens (tertiary/aromatic N) is 2. The molecule has 1 saturated carbocycles. The van der Waals surface area contributed by atoms with Gasteiger partial charge in [0.25, 0.3) is 5.91 Å². The van der Waals surface area contributed by atoms with Crippen LogP contribution in [0.3, 0.4) is 0 Å². The maximum atomic E-state index is 12.4. The molecule has 6 heteroatoms. The van der Waals surface area contributed by atoms with Crippen LogP contribution in [-0.2, 0) is 0 Å². The van der Waals surface area contributed by atoms with Gasteiger partial charge in [-0.15, -0.1) is 0 Å². The maximum Gasteiger partial charge on any atom is 0.270 e. The molecule has 1 aliphatic heterocycles. The number of hydrogen-bond acceptors (Lipinski definition) is 3. The molecule has 1 amide bonds. The molecule has 18 heavy (non-hydrogen) atoms. The highest BCUT2D eigenvalue weighted by molar-refractivity contribution is 9.10. The number of amides is 1. The van der Waals surface area contributed by atoms with E-state index in [2.05, 4.69) is 15.9 Å². The molecule has 1 saturated heterocycles. The molecule has 1 aromatic rings. The number of carbonyl (C=O) groups excluding carboxylic acids is 1. The molecule has 98 valence electrons. The van der Waals surface area contributed by atoms with Crippen molar-refractivity contribution in [1.82, 2.24) is 9.47 Å². The van der Waals surface area contributed by atoms with Gasteiger partial charge in [0, 0.05) is 29.8 Å². The van der Waals surface area contributed by atoms with Gasteiger partial charge in [0.15, 0.2) is 0 Å². The van der Waals surface area contributed by atoms with Crippen molar-refractivity contribution in [3.05, 3.63) is 22.4 Å². The van der Waals surface area contributed by atoms with Crippen molar-refractivity contribution in [2.24, 2.45) is 0 Å². The zero-order chi connectivity index (χ0) is 12.9. The Hall–Kier alpha value is -0.850. The third-order valence-electron chi connectivity index (χ3n) is 3.52. The molecule has 0 spiro atoms. The molecular formula is C12H15BrN2O3. The lowest BCUT2D eigenvalue weighted by Gasteiger charge is -2.16. The van der Waals surface area contributed by atoms with Crippen LogP contribution in [0.4, 0.5) is 0 Å². The Balaban J connectivity index is 1.84. The molecule has 0 aromatic carbocycles. The third-order valence-corrected chi connectivity index (χ3v) is 3.95. The summed E-state index contributed by atoms with van der Waals surface area (Å²) in [4.78, 5) is 13.9. The minimum absolute atomic E-state index is 0.122. The number of rotatable bonds is 2. The van der Waals surface area contributed by atoms with E-state index in [9.17, 15) is 15.0 Å². The molecule has 0 radical (unpaired) electrons. The predicted octanol–water partition coefficient (Wildman–Crippen LogP) is 0.763. The van der Waals surface area contributed by atoms with Crippen molar-refractivity contribution in [1.29, 1.82) is 0 Å². The molecule has 1 aliphatic carbocycles. The largest absolute Gasteiger partial charge is 0.388 e. The first kappa shape index (κ1) is 12.2. The smallest absolute Gasteiger partial charge is 0.270 e. The lowest BCUT2D eigenvalue weighted by molar-refractivity contribution is 0.0572. The van der Waals surface area contributed by atoms with Crippen molar-refractivity contribution >= 4 is 21.8 Å². The van der Waals surface area contributed by atoms with Gasteiger partial charge in [-0.3, -0.25) is 4.79 Å². The Morgan fingerprint density at radius 1 is 1.28 bits per heavy atom. The lowest BCUT2D eigenvalue weighted by atomic mass is 10.3. The summed E-state index contributed by atoms with van der Waals surface area (Å²) in [5, 5.41) is 19.0. The van der Waals surface area contributed by atoms with Crippen LogP contribution in [0.2, 0.25) is 0 Å². The van der Waals surface area contributed by atoms with Crippen molar-refractivity contribution in [3.8, 4) is 0 Å². The van der Waals surface area contributed by atoms with E-state index in [-0.39, 0.29) is 19.0 Å². The summed E-state index contributed by atoms with van der Waals surface area (Å²) in [5.74, 6) is -0.122. The van der Waals surface area contributed by atoms with E-state index in [4.69, 9.17) is 0 Å². The van der Waals surface area contributed by atoms with E-state index in [1.807, 2.05) is 10.8 Å². The fourth-order valence-corrected chi connectivity index (χ4v) is 2.81. The van der Waals surface area contributed by atoms with Gasteiger partial charge in [0.1, 0.15) is 5.69 Å². The number of aliphatic hydroxyl groups excluding tert-OH is 2. The average Bonchev–Trinajstić information content (AvgIpc) is 3.02. The minimum Gasteiger partial charge on any atom is -0.388 e. The van der Waals surface area contributed by atoms with Crippen LogP contribution in [0, 0.1) is 0 Å². The van der Waals surface area contributed by atoms with Gasteiger partial charge < -0.3 is 19.7 Å². The van der Waals surface area contributed by atoms with Crippen LogP contribution in [0.1, 0.15) is 29.4 Å². The van der Waals surface area contributed by atoms with Gasteiger partial charge in [-0.05, 0) is 34.8 Å². The summed E-state index contributed by atoms with van der Waals surface area (Å²) >= 11 is 3.39. The fraction of sp³-hybridized carbons (Fsp3) is 0.583. The second-order valence-electron chi connectivity index (χ2n) is 5.03. The molecule has 2 atom stereocenters. The number of aliphatic hydroxyl groups is 2. The van der Waals surface area contributed by atoms with E-state index in [1.165, 1.54) is 4.90 Å². The molecule has 2 fully saturated rings. The van der Waals surface area contributed by atoms with E-state index in [0.717, 1.165) is 17.3 Å². The molecule has 2 aliphatic rings. The van der Waals surface area contributed by atoms with Crippen LogP contribution in [0.5, 0.6) is 0 Å². The Morgan fingerprint density at radius 3 is 2.44 bits per heavy atom. The highest BCUT2D eigenvalue weighted by Gasteiger charge is 2.35. The highest BCUT2D eigenvalue weighted by Crippen LogP contribution is 2.37. The number of halogens is 1. The van der Waals surface area contributed by atoms with Crippen LogP contribution in [-0.4, -0.2) is 50.9 Å². The second kappa shape index (κ2) is 4.36. The van der Waals surface area contributed by atoms with E-state index < -0.39 is 12.2 Å². The standard InChI is InChI=1S/C12H15BrN2O3/c13-7-3-9(15(4-7)8-1-2-8)12(18)14-5-10(16)11(17)6-14/h3-4,8,10-11,16-17H,1-2,5-6H2. The Bertz CT molecular complexity index is 474. The van der Waals surface area contributed by atoms with E-state index in [0.29, 0.717) is 11.7 Å². The maximum absolute atomic E-state index is 12.4. The molecule has 3 rings (SSSR count). The molecule has 0 bridgehead atoms. The summed E-state index contributed by atoms with van der Waals surface area (Å²) in [6.45, 7) is 0.404. The van der Waals surface area contributed by atoms with Crippen LogP contribution in [0.25, 0.3) is 0 Å². The highest BCUT2D eigenvalue weighted by atomic mass is 79.9. The Labute approximate surface area is 113 Å². The van der Waals surface area contributed by atoms with Gasteiger partial charge >= 0.3 is 0 Å². The van der Waals surface area contributed by atoms with Crippen LogP contribution < -0.4 is 0 Å². The Morgan fingerprint density at radius 2 is 1.89 bits per heavy atom. The monoisotopic (exact) mass is 314 g/mol. The van der Waals surface area contributed by atoms with Gasteiger partial charge in [0.05, 0.1) is 12.2 Å². The molecular weight excluding hydrogens is 300 g/mol. The zero-order valence-electron chi connectivity index (χ0n) is 9.79. The second-order valence-corrected chi connectivity index (χ2v) is 5.94. The molecule has 2 N–H and O–H groups in total. The molecule has 2 unspecified atom stereocenters. The number of hydrogen-bond donors (Lipinski definition) is 2. The molecule has 5 nitrogen and oxygen atoms in total. The molecule has 2 heterocycles. The van der Waals surface area contributed by atoms with Gasteiger partial charge in [-0.1, -0.05) is 0 Å². The lowest BCUT2D eigenvalue weighted by Crippen LogP contribution is -2.31. The normalized spacial score (nSPS) is 27.8. The first-order valence-electron chi connectivity index (χ1n) is 6.09. The van der Waals surface area contributed by atoms with Gasteiger partial charge in [0.2, 0.25) is 0 Å². The third kappa shape index (κ3) is 2.08. The van der Waals surface area contributed by atoms with Gasteiger partial charge in [-0.25, -0.2) is 0 Å². The van der Waals surface area contributed by atoms with E-state index in [1.54, 1.807) is 6.07 Å². The van der Waals surface area contributed by atoms with Crippen molar-refractivity contribution in [3.63, 3.8) is 0 Å². The topological polar surface area (TPSA) is 65.7 Å². The number of aromatic nitrogens is 1.